The molecule has 2 aromatic rings. The van der Waals surface area contributed by atoms with Crippen molar-refractivity contribution in [2.24, 2.45) is 0 Å². The van der Waals surface area contributed by atoms with Crippen molar-refractivity contribution in [3.8, 4) is 11.4 Å². The molecule has 1 aromatic heterocycles. The van der Waals surface area contributed by atoms with Gasteiger partial charge in [-0.1, -0.05) is 24.6 Å². The molecule has 0 saturated heterocycles. The molecule has 0 fully saturated rings. The highest BCUT2D eigenvalue weighted by molar-refractivity contribution is 5.86. The number of carboxylic acids is 1. The molecule has 20 heavy (non-hydrogen) atoms. The van der Waals surface area contributed by atoms with E-state index < -0.39 is 5.97 Å². The number of methoxy groups -OCH3 is 1. The highest BCUT2D eigenvalue weighted by Gasteiger charge is 2.20. The lowest BCUT2D eigenvalue weighted by molar-refractivity contribution is 0.0689. The van der Waals surface area contributed by atoms with Gasteiger partial charge in [-0.2, -0.15) is 0 Å². The second-order valence-corrected chi connectivity index (χ2v) is 4.53. The van der Waals surface area contributed by atoms with Crippen molar-refractivity contribution in [3.05, 3.63) is 35.2 Å². The van der Waals surface area contributed by atoms with Gasteiger partial charge >= 0.3 is 5.97 Å². The SMILES string of the molecule is CCCc1c(C(=O)O)nnn1-c1cc(C)ccc1OC. The molecular formula is C14H17N3O3. The predicted octanol–water partition coefficient (Wildman–Crippen LogP) is 2.24. The maximum atomic E-state index is 11.2. The second kappa shape index (κ2) is 5.73. The first-order valence-electron chi connectivity index (χ1n) is 6.41. The van der Waals surface area contributed by atoms with E-state index in [1.807, 2.05) is 32.0 Å². The Morgan fingerprint density at radius 3 is 2.80 bits per heavy atom. The number of aromatic carboxylic acids is 1. The highest BCUT2D eigenvalue weighted by Crippen LogP contribution is 2.25. The lowest BCUT2D eigenvalue weighted by atomic mass is 10.1. The Morgan fingerprint density at radius 2 is 2.20 bits per heavy atom. The number of ether oxygens (including phenoxy) is 1. The van der Waals surface area contributed by atoms with Crippen molar-refractivity contribution in [1.29, 1.82) is 0 Å². The van der Waals surface area contributed by atoms with E-state index in [-0.39, 0.29) is 5.69 Å². The van der Waals surface area contributed by atoms with Crippen LogP contribution < -0.4 is 4.74 Å². The normalized spacial score (nSPS) is 10.6. The summed E-state index contributed by atoms with van der Waals surface area (Å²) in [5.74, 6) is -0.430. The van der Waals surface area contributed by atoms with Crippen LogP contribution in [0.15, 0.2) is 18.2 Å². The van der Waals surface area contributed by atoms with Crippen LogP contribution in [0.5, 0.6) is 5.75 Å². The summed E-state index contributed by atoms with van der Waals surface area (Å²) in [6.07, 6.45) is 1.40. The molecule has 2 rings (SSSR count). The fraction of sp³-hybridized carbons (Fsp3) is 0.357. The predicted molar refractivity (Wildman–Crippen MR) is 73.6 cm³/mol. The molecule has 0 aliphatic rings. The van der Waals surface area contributed by atoms with E-state index in [4.69, 9.17) is 4.74 Å². The van der Waals surface area contributed by atoms with E-state index in [0.717, 1.165) is 12.0 Å². The van der Waals surface area contributed by atoms with Crippen molar-refractivity contribution in [2.75, 3.05) is 7.11 Å². The van der Waals surface area contributed by atoms with E-state index in [1.54, 1.807) is 11.8 Å². The quantitative estimate of drug-likeness (QED) is 0.905. The highest BCUT2D eigenvalue weighted by atomic mass is 16.5. The van der Waals surface area contributed by atoms with Gasteiger partial charge in [-0.05, 0) is 31.0 Å². The van der Waals surface area contributed by atoms with Gasteiger partial charge in [0.15, 0.2) is 5.69 Å². The van der Waals surface area contributed by atoms with E-state index in [1.165, 1.54) is 0 Å². The Kier molecular flexibility index (Phi) is 4.02. The van der Waals surface area contributed by atoms with Crippen LogP contribution in [0.3, 0.4) is 0 Å². The van der Waals surface area contributed by atoms with Crippen LogP contribution in [0.2, 0.25) is 0 Å². The molecule has 0 aliphatic heterocycles. The average Bonchev–Trinajstić information content (AvgIpc) is 2.83. The lowest BCUT2D eigenvalue weighted by Crippen LogP contribution is -2.08. The van der Waals surface area contributed by atoms with E-state index in [2.05, 4.69) is 10.3 Å². The van der Waals surface area contributed by atoms with Crippen LogP contribution in [0, 0.1) is 6.92 Å². The van der Waals surface area contributed by atoms with Crippen LogP contribution in [0.4, 0.5) is 0 Å². The zero-order chi connectivity index (χ0) is 14.7. The zero-order valence-electron chi connectivity index (χ0n) is 11.8. The Balaban J connectivity index is 2.63. The van der Waals surface area contributed by atoms with Gasteiger partial charge in [0.1, 0.15) is 11.4 Å². The van der Waals surface area contributed by atoms with Gasteiger partial charge in [0.2, 0.25) is 0 Å². The molecule has 106 valence electrons. The summed E-state index contributed by atoms with van der Waals surface area (Å²) in [4.78, 5) is 11.2. The van der Waals surface area contributed by atoms with Crippen LogP contribution in [-0.2, 0) is 6.42 Å². The number of aryl methyl sites for hydroxylation is 1. The number of hydrogen-bond acceptors (Lipinski definition) is 4. The summed E-state index contributed by atoms with van der Waals surface area (Å²) < 4.78 is 6.88. The standard InChI is InChI=1S/C14H17N3O3/c1-4-5-10-13(14(18)19)15-16-17(10)11-8-9(2)6-7-12(11)20-3/h6-8H,4-5H2,1-3H3,(H,18,19). The van der Waals surface area contributed by atoms with Crippen LogP contribution in [0.25, 0.3) is 5.69 Å². The average molecular weight is 275 g/mol. The first-order chi connectivity index (χ1) is 9.58. The molecule has 0 unspecified atom stereocenters. The Hall–Kier alpha value is -2.37. The van der Waals surface area contributed by atoms with Gasteiger partial charge in [-0.25, -0.2) is 9.48 Å². The first kappa shape index (κ1) is 14.0. The van der Waals surface area contributed by atoms with Gasteiger partial charge in [0.05, 0.1) is 12.8 Å². The van der Waals surface area contributed by atoms with Gasteiger partial charge in [0.25, 0.3) is 0 Å². The fourth-order valence-corrected chi connectivity index (χ4v) is 2.09. The third kappa shape index (κ3) is 2.49. The van der Waals surface area contributed by atoms with Gasteiger partial charge in [-0.15, -0.1) is 5.10 Å². The Morgan fingerprint density at radius 1 is 1.45 bits per heavy atom. The first-order valence-corrected chi connectivity index (χ1v) is 6.41. The molecule has 6 nitrogen and oxygen atoms in total. The molecule has 0 bridgehead atoms. The van der Waals surface area contributed by atoms with E-state index in [9.17, 15) is 9.90 Å². The molecule has 1 aromatic carbocycles. The third-order valence-corrected chi connectivity index (χ3v) is 3.02. The summed E-state index contributed by atoms with van der Waals surface area (Å²) in [5.41, 5.74) is 2.32. The molecule has 0 aliphatic carbocycles. The van der Waals surface area contributed by atoms with Crippen molar-refractivity contribution in [3.63, 3.8) is 0 Å². The van der Waals surface area contributed by atoms with Crippen LogP contribution in [0.1, 0.15) is 35.1 Å². The maximum Gasteiger partial charge on any atom is 0.358 e. The van der Waals surface area contributed by atoms with Gasteiger partial charge in [-0.3, -0.25) is 0 Å². The summed E-state index contributed by atoms with van der Waals surface area (Å²) in [6, 6.07) is 5.66. The topological polar surface area (TPSA) is 77.2 Å². The maximum absolute atomic E-state index is 11.2. The van der Waals surface area contributed by atoms with Crippen molar-refractivity contribution in [1.82, 2.24) is 15.0 Å². The van der Waals surface area contributed by atoms with Gasteiger partial charge in [0, 0.05) is 0 Å². The fourth-order valence-electron chi connectivity index (χ4n) is 2.09. The molecular weight excluding hydrogens is 258 g/mol. The third-order valence-electron chi connectivity index (χ3n) is 3.02. The summed E-state index contributed by atoms with van der Waals surface area (Å²) in [6.45, 7) is 3.94. The molecule has 6 heteroatoms. The van der Waals surface area contributed by atoms with Crippen molar-refractivity contribution >= 4 is 5.97 Å². The molecule has 0 atom stereocenters. The molecule has 1 heterocycles. The minimum atomic E-state index is -1.06. The smallest absolute Gasteiger partial charge is 0.358 e. The van der Waals surface area contributed by atoms with Crippen LogP contribution in [-0.4, -0.2) is 33.2 Å². The summed E-state index contributed by atoms with van der Waals surface area (Å²) in [7, 11) is 1.57. The number of hydrogen-bond donors (Lipinski definition) is 1. The summed E-state index contributed by atoms with van der Waals surface area (Å²) >= 11 is 0. The number of carboxylic acid groups (broad SMARTS) is 1. The molecule has 0 amide bonds. The molecule has 0 spiro atoms. The number of aromatic nitrogens is 3. The van der Waals surface area contributed by atoms with Crippen molar-refractivity contribution in [2.45, 2.75) is 26.7 Å². The van der Waals surface area contributed by atoms with E-state index >= 15 is 0 Å². The minimum absolute atomic E-state index is 0.00425. The number of benzene rings is 1. The van der Waals surface area contributed by atoms with E-state index in [0.29, 0.717) is 23.6 Å². The van der Waals surface area contributed by atoms with Gasteiger partial charge < -0.3 is 9.84 Å². The van der Waals surface area contributed by atoms with Crippen LogP contribution >= 0.6 is 0 Å². The lowest BCUT2D eigenvalue weighted by Gasteiger charge is -2.11. The summed E-state index contributed by atoms with van der Waals surface area (Å²) in [5, 5.41) is 16.9. The number of rotatable bonds is 5. The Labute approximate surface area is 117 Å². The molecule has 1 N–H and O–H groups in total. The Bertz CT molecular complexity index is 635. The monoisotopic (exact) mass is 275 g/mol. The zero-order valence-corrected chi connectivity index (χ0v) is 11.8. The molecule has 0 saturated carbocycles. The molecule has 0 radical (unpaired) electrons. The number of nitrogens with zero attached hydrogens (tertiary/aromatic N) is 3. The van der Waals surface area contributed by atoms with Crippen molar-refractivity contribution < 1.29 is 14.6 Å². The second-order valence-electron chi connectivity index (χ2n) is 4.53. The number of carbonyl (C=O) groups is 1. The largest absolute Gasteiger partial charge is 0.494 e. The minimum Gasteiger partial charge on any atom is -0.494 e.